The van der Waals surface area contributed by atoms with Crippen LogP contribution in [0, 0.1) is 0 Å². The SMILES string of the molecule is COC(=O)c1cc(C2CCCCC2)cc(N2CCCC2=O)c1. The van der Waals surface area contributed by atoms with Crippen molar-refractivity contribution < 1.29 is 14.3 Å². The van der Waals surface area contributed by atoms with Gasteiger partial charge in [0.05, 0.1) is 12.7 Å². The fourth-order valence-corrected chi connectivity index (χ4v) is 3.62. The first-order chi connectivity index (χ1) is 10.7. The molecule has 0 unspecified atom stereocenters. The zero-order valence-corrected chi connectivity index (χ0v) is 13.1. The largest absolute Gasteiger partial charge is 0.465 e. The summed E-state index contributed by atoms with van der Waals surface area (Å²) >= 11 is 0. The lowest BCUT2D eigenvalue weighted by Crippen LogP contribution is -2.24. The molecule has 1 aliphatic carbocycles. The minimum atomic E-state index is -0.328. The van der Waals surface area contributed by atoms with Crippen LogP contribution in [0.2, 0.25) is 0 Å². The average Bonchev–Trinajstić information content (AvgIpc) is 3.00. The van der Waals surface area contributed by atoms with Crippen LogP contribution in [-0.4, -0.2) is 25.5 Å². The number of carbonyl (C=O) groups excluding carboxylic acids is 2. The summed E-state index contributed by atoms with van der Waals surface area (Å²) in [6.07, 6.45) is 7.60. The zero-order chi connectivity index (χ0) is 15.5. The van der Waals surface area contributed by atoms with Crippen molar-refractivity contribution in [2.24, 2.45) is 0 Å². The summed E-state index contributed by atoms with van der Waals surface area (Å²) in [5.74, 6) is 0.317. The van der Waals surface area contributed by atoms with Gasteiger partial charge in [-0.1, -0.05) is 19.3 Å². The fraction of sp³-hybridized carbons (Fsp3) is 0.556. The maximum atomic E-state index is 12.0. The molecule has 1 heterocycles. The van der Waals surface area contributed by atoms with E-state index in [-0.39, 0.29) is 11.9 Å². The van der Waals surface area contributed by atoms with Crippen molar-refractivity contribution in [3.05, 3.63) is 29.3 Å². The van der Waals surface area contributed by atoms with Crippen LogP contribution in [-0.2, 0) is 9.53 Å². The summed E-state index contributed by atoms with van der Waals surface area (Å²) < 4.78 is 4.88. The second-order valence-electron chi connectivity index (χ2n) is 6.29. The predicted molar refractivity (Wildman–Crippen MR) is 85.2 cm³/mol. The highest BCUT2D eigenvalue weighted by Crippen LogP contribution is 2.35. The Morgan fingerprint density at radius 1 is 1.14 bits per heavy atom. The molecule has 4 heteroatoms. The molecule has 1 saturated carbocycles. The van der Waals surface area contributed by atoms with Gasteiger partial charge in [0, 0.05) is 18.7 Å². The average molecular weight is 301 g/mol. The number of hydrogen-bond donors (Lipinski definition) is 0. The Kier molecular flexibility index (Phi) is 4.46. The lowest BCUT2D eigenvalue weighted by atomic mass is 9.83. The van der Waals surface area contributed by atoms with Crippen LogP contribution in [0.15, 0.2) is 18.2 Å². The number of ether oxygens (including phenoxy) is 1. The van der Waals surface area contributed by atoms with Crippen molar-refractivity contribution in [1.82, 2.24) is 0 Å². The molecule has 118 valence electrons. The number of benzene rings is 1. The van der Waals surface area contributed by atoms with Crippen LogP contribution in [0.25, 0.3) is 0 Å². The molecule has 2 fully saturated rings. The third-order valence-electron chi connectivity index (χ3n) is 4.82. The number of nitrogens with zero attached hydrogens (tertiary/aromatic N) is 1. The Morgan fingerprint density at radius 2 is 1.91 bits per heavy atom. The van der Waals surface area contributed by atoms with Gasteiger partial charge in [-0.2, -0.15) is 0 Å². The second-order valence-corrected chi connectivity index (χ2v) is 6.29. The summed E-state index contributed by atoms with van der Waals surface area (Å²) in [5, 5.41) is 0. The summed E-state index contributed by atoms with van der Waals surface area (Å²) in [7, 11) is 1.40. The molecule has 22 heavy (non-hydrogen) atoms. The van der Waals surface area contributed by atoms with Gasteiger partial charge < -0.3 is 9.64 Å². The minimum Gasteiger partial charge on any atom is -0.465 e. The van der Waals surface area contributed by atoms with Gasteiger partial charge in [0.2, 0.25) is 5.91 Å². The van der Waals surface area contributed by atoms with E-state index < -0.39 is 0 Å². The van der Waals surface area contributed by atoms with E-state index in [1.807, 2.05) is 6.07 Å². The topological polar surface area (TPSA) is 46.6 Å². The number of carbonyl (C=O) groups is 2. The molecular formula is C18H23NO3. The standard InChI is InChI=1S/C18H23NO3/c1-22-18(21)15-10-14(13-6-3-2-4-7-13)11-16(12-15)19-9-5-8-17(19)20/h10-13H,2-9H2,1H3. The Balaban J connectivity index is 1.97. The monoisotopic (exact) mass is 301 g/mol. The lowest BCUT2D eigenvalue weighted by molar-refractivity contribution is -0.117. The van der Waals surface area contributed by atoms with Crippen LogP contribution in [0.4, 0.5) is 5.69 Å². The van der Waals surface area contributed by atoms with Crippen LogP contribution < -0.4 is 4.90 Å². The molecule has 4 nitrogen and oxygen atoms in total. The van der Waals surface area contributed by atoms with Crippen molar-refractivity contribution in [3.63, 3.8) is 0 Å². The first-order valence-electron chi connectivity index (χ1n) is 8.22. The fourth-order valence-electron chi connectivity index (χ4n) is 3.62. The van der Waals surface area contributed by atoms with Crippen LogP contribution in [0.3, 0.4) is 0 Å². The van der Waals surface area contributed by atoms with Gasteiger partial charge in [-0.25, -0.2) is 4.79 Å². The van der Waals surface area contributed by atoms with E-state index in [4.69, 9.17) is 4.74 Å². The van der Waals surface area contributed by atoms with E-state index in [1.165, 1.54) is 31.9 Å². The first kappa shape index (κ1) is 15.1. The summed E-state index contributed by atoms with van der Waals surface area (Å²) in [5.41, 5.74) is 2.59. The molecule has 3 rings (SSSR count). The highest BCUT2D eigenvalue weighted by Gasteiger charge is 2.25. The summed E-state index contributed by atoms with van der Waals surface area (Å²) in [6, 6.07) is 5.85. The van der Waals surface area contributed by atoms with Gasteiger partial charge in [0.1, 0.15) is 0 Å². The molecular weight excluding hydrogens is 278 g/mol. The van der Waals surface area contributed by atoms with Gasteiger partial charge in [-0.3, -0.25) is 4.79 Å². The molecule has 1 aromatic carbocycles. The van der Waals surface area contributed by atoms with E-state index in [2.05, 4.69) is 6.07 Å². The third kappa shape index (κ3) is 3.01. The molecule has 0 aromatic heterocycles. The molecule has 0 spiro atoms. The van der Waals surface area contributed by atoms with E-state index in [9.17, 15) is 9.59 Å². The van der Waals surface area contributed by atoms with Gasteiger partial charge in [0.25, 0.3) is 0 Å². The Hall–Kier alpha value is -1.84. The van der Waals surface area contributed by atoms with Crippen molar-refractivity contribution in [1.29, 1.82) is 0 Å². The normalized spacial score (nSPS) is 19.5. The second kappa shape index (κ2) is 6.51. The maximum Gasteiger partial charge on any atom is 0.337 e. The smallest absolute Gasteiger partial charge is 0.337 e. The van der Waals surface area contributed by atoms with Crippen molar-refractivity contribution >= 4 is 17.6 Å². The van der Waals surface area contributed by atoms with Crippen LogP contribution in [0.5, 0.6) is 0 Å². The highest BCUT2D eigenvalue weighted by atomic mass is 16.5. The maximum absolute atomic E-state index is 12.0. The van der Waals surface area contributed by atoms with Crippen molar-refractivity contribution in [2.75, 3.05) is 18.6 Å². The van der Waals surface area contributed by atoms with Crippen LogP contribution in [0.1, 0.15) is 66.8 Å². The predicted octanol–water partition coefficient (Wildman–Crippen LogP) is 3.65. The number of methoxy groups -OCH3 is 1. The third-order valence-corrected chi connectivity index (χ3v) is 4.82. The molecule has 1 amide bonds. The van der Waals surface area contributed by atoms with E-state index >= 15 is 0 Å². The van der Waals surface area contributed by atoms with E-state index in [0.717, 1.165) is 31.5 Å². The number of amides is 1. The number of hydrogen-bond acceptors (Lipinski definition) is 3. The van der Waals surface area contributed by atoms with Gasteiger partial charge >= 0.3 is 5.97 Å². The molecule has 1 aromatic rings. The van der Waals surface area contributed by atoms with Gasteiger partial charge in [-0.15, -0.1) is 0 Å². The van der Waals surface area contributed by atoms with Crippen molar-refractivity contribution in [2.45, 2.75) is 50.9 Å². The van der Waals surface area contributed by atoms with Gasteiger partial charge in [-0.05, 0) is 48.9 Å². The highest BCUT2D eigenvalue weighted by molar-refractivity contribution is 5.97. The quantitative estimate of drug-likeness (QED) is 0.801. The van der Waals surface area contributed by atoms with Crippen molar-refractivity contribution in [3.8, 4) is 0 Å². The van der Waals surface area contributed by atoms with Gasteiger partial charge in [0.15, 0.2) is 0 Å². The number of anilines is 1. The Labute approximate surface area is 131 Å². The molecule has 0 bridgehead atoms. The summed E-state index contributed by atoms with van der Waals surface area (Å²) in [4.78, 5) is 25.8. The molecule has 2 aliphatic rings. The molecule has 0 atom stereocenters. The molecule has 1 saturated heterocycles. The number of rotatable bonds is 3. The Morgan fingerprint density at radius 3 is 2.55 bits per heavy atom. The minimum absolute atomic E-state index is 0.150. The molecule has 0 N–H and O–H groups in total. The number of esters is 1. The van der Waals surface area contributed by atoms with Crippen LogP contribution >= 0.6 is 0 Å². The zero-order valence-electron chi connectivity index (χ0n) is 13.1. The molecule has 0 radical (unpaired) electrons. The first-order valence-corrected chi connectivity index (χ1v) is 8.22. The Bertz CT molecular complexity index is 576. The molecule has 1 aliphatic heterocycles. The van der Waals surface area contributed by atoms with E-state index in [1.54, 1.807) is 11.0 Å². The summed E-state index contributed by atoms with van der Waals surface area (Å²) in [6.45, 7) is 0.744. The van der Waals surface area contributed by atoms with E-state index in [0.29, 0.717) is 17.9 Å². The lowest BCUT2D eigenvalue weighted by Gasteiger charge is -2.25.